The van der Waals surface area contributed by atoms with Crippen LogP contribution in [-0.2, 0) is 5.41 Å². The Labute approximate surface area is 373 Å². The minimum atomic E-state index is -0.509. The third-order valence-corrected chi connectivity index (χ3v) is 14.5. The number of thiophene rings is 1. The van der Waals surface area contributed by atoms with E-state index in [0.717, 1.165) is 6.42 Å². The summed E-state index contributed by atoms with van der Waals surface area (Å²) in [6, 6.07) is 83.1. The molecule has 2 heteroatoms. The molecule has 0 fully saturated rings. The summed E-state index contributed by atoms with van der Waals surface area (Å²) in [6.07, 6.45) is 8.06. The first kappa shape index (κ1) is 37.3. The molecule has 12 rings (SSSR count). The van der Waals surface area contributed by atoms with Gasteiger partial charge < -0.3 is 4.90 Å². The Morgan fingerprint density at radius 2 is 1.05 bits per heavy atom. The van der Waals surface area contributed by atoms with E-state index in [1.54, 1.807) is 0 Å². The maximum absolute atomic E-state index is 2.64. The van der Waals surface area contributed by atoms with Gasteiger partial charge in [-0.05, 0) is 91.9 Å². The summed E-state index contributed by atoms with van der Waals surface area (Å²) in [5.74, 6) is 0. The number of hydrogen-bond acceptors (Lipinski definition) is 2. The van der Waals surface area contributed by atoms with Crippen LogP contribution in [0.15, 0.2) is 243 Å². The first-order valence-electron chi connectivity index (χ1n) is 21.9. The highest BCUT2D eigenvalue weighted by Crippen LogP contribution is 2.57. The smallest absolute Gasteiger partial charge is 0.0714 e. The summed E-state index contributed by atoms with van der Waals surface area (Å²) in [6.45, 7) is 0. The van der Waals surface area contributed by atoms with E-state index in [1.807, 2.05) is 11.3 Å². The maximum Gasteiger partial charge on any atom is 0.0714 e. The topological polar surface area (TPSA) is 3.24 Å². The lowest BCUT2D eigenvalue weighted by molar-refractivity contribution is 0.761. The Morgan fingerprint density at radius 3 is 1.75 bits per heavy atom. The molecule has 2 aliphatic carbocycles. The van der Waals surface area contributed by atoms with Crippen molar-refractivity contribution in [2.24, 2.45) is 0 Å². The molecule has 9 aromatic carbocycles. The molecule has 1 unspecified atom stereocenters. The van der Waals surface area contributed by atoms with Crippen molar-refractivity contribution < 1.29 is 0 Å². The van der Waals surface area contributed by atoms with Crippen molar-refractivity contribution in [2.75, 3.05) is 4.90 Å². The quantitative estimate of drug-likeness (QED) is 0.148. The van der Waals surface area contributed by atoms with Crippen molar-refractivity contribution >= 4 is 48.5 Å². The summed E-state index contributed by atoms with van der Waals surface area (Å²) in [4.78, 5) is 2.64. The van der Waals surface area contributed by atoms with E-state index < -0.39 is 5.41 Å². The Bertz CT molecular complexity index is 3300. The zero-order valence-corrected chi connectivity index (χ0v) is 35.6. The van der Waals surface area contributed by atoms with Crippen molar-refractivity contribution in [3.63, 3.8) is 0 Å². The predicted molar refractivity (Wildman–Crippen MR) is 268 cm³/mol. The molecule has 10 aromatic rings. The van der Waals surface area contributed by atoms with E-state index >= 15 is 0 Å². The van der Waals surface area contributed by atoms with Gasteiger partial charge >= 0.3 is 0 Å². The van der Waals surface area contributed by atoms with Crippen LogP contribution >= 0.6 is 11.3 Å². The first-order chi connectivity index (χ1) is 31.3. The fourth-order valence-corrected chi connectivity index (χ4v) is 11.7. The van der Waals surface area contributed by atoms with Crippen molar-refractivity contribution in [3.8, 4) is 33.4 Å². The van der Waals surface area contributed by atoms with Gasteiger partial charge in [0.25, 0.3) is 0 Å². The normalized spacial score (nSPS) is 14.9. The Hall–Kier alpha value is -7.52. The highest BCUT2D eigenvalue weighted by molar-refractivity contribution is 7.26. The molecule has 0 bridgehead atoms. The van der Waals surface area contributed by atoms with Gasteiger partial charge in [0.1, 0.15) is 0 Å². The summed E-state index contributed by atoms with van der Waals surface area (Å²) in [7, 11) is 0. The summed E-state index contributed by atoms with van der Waals surface area (Å²) < 4.78 is 2.61. The molecule has 2 aliphatic rings. The molecule has 0 saturated carbocycles. The highest BCUT2D eigenvalue weighted by Gasteiger charge is 2.46. The molecule has 63 heavy (non-hydrogen) atoms. The van der Waals surface area contributed by atoms with Crippen molar-refractivity contribution in [2.45, 2.75) is 17.9 Å². The van der Waals surface area contributed by atoms with Gasteiger partial charge in [-0.25, -0.2) is 0 Å². The summed E-state index contributed by atoms with van der Waals surface area (Å²) in [5.41, 5.74) is 17.0. The third kappa shape index (κ3) is 6.13. The molecule has 1 heterocycles. The van der Waals surface area contributed by atoms with E-state index in [-0.39, 0.29) is 6.04 Å². The van der Waals surface area contributed by atoms with E-state index in [2.05, 4.69) is 248 Å². The summed E-state index contributed by atoms with van der Waals surface area (Å²) in [5, 5.41) is 2.60. The van der Waals surface area contributed by atoms with Gasteiger partial charge in [0.2, 0.25) is 0 Å². The van der Waals surface area contributed by atoms with E-state index in [4.69, 9.17) is 0 Å². The molecule has 1 atom stereocenters. The monoisotopic (exact) mass is 821 g/mol. The molecule has 0 saturated heterocycles. The number of nitrogens with zero attached hydrogens (tertiary/aromatic N) is 1. The molecule has 298 valence electrons. The van der Waals surface area contributed by atoms with Crippen LogP contribution < -0.4 is 4.90 Å². The SMILES string of the molecule is C1=CC(N(c2ccc3c(c2)C(c2ccccc2)(c2ccccc2)c2ccccc2-3)c2ccc3c(sc4ccccc43)c2-c2ccc(-c3ccccc3)cc2)CC=C1c1ccccc1. The van der Waals surface area contributed by atoms with E-state index in [9.17, 15) is 0 Å². The minimum absolute atomic E-state index is 0.0521. The Morgan fingerprint density at radius 1 is 0.460 bits per heavy atom. The standard InChI is InChI=1S/C61H43NS/c1-5-17-42(18-6-1)44-29-31-46(32-30-44)59-57(40-39-54-53-26-14-16-28-58(53)63-60(54)59)62(49-35-33-45(34-36-49)43-19-7-2-8-20-43)50-37-38-52-51-25-13-15-27-55(51)61(56(52)41-50,47-21-9-3-10-22-47)48-23-11-4-12-24-48/h1-35,37-41,49H,36H2. The third-order valence-electron chi connectivity index (χ3n) is 13.3. The van der Waals surface area contributed by atoms with E-state index in [0.29, 0.717) is 0 Å². The first-order valence-corrected chi connectivity index (χ1v) is 22.8. The fraction of sp³-hybridized carbons (Fsp3) is 0.0492. The lowest BCUT2D eigenvalue weighted by atomic mass is 9.67. The molecule has 0 radical (unpaired) electrons. The highest BCUT2D eigenvalue weighted by atomic mass is 32.1. The molecule has 1 aromatic heterocycles. The van der Waals surface area contributed by atoms with Crippen LogP contribution in [0, 0.1) is 0 Å². The van der Waals surface area contributed by atoms with Crippen LogP contribution in [0.5, 0.6) is 0 Å². The van der Waals surface area contributed by atoms with Crippen molar-refractivity contribution in [3.05, 3.63) is 271 Å². The lowest BCUT2D eigenvalue weighted by Gasteiger charge is -2.37. The number of anilines is 2. The van der Waals surface area contributed by atoms with Crippen LogP contribution in [0.1, 0.15) is 34.2 Å². The average Bonchev–Trinajstić information content (AvgIpc) is 3.89. The van der Waals surface area contributed by atoms with Gasteiger partial charge in [-0.3, -0.25) is 0 Å². The van der Waals surface area contributed by atoms with Crippen molar-refractivity contribution in [1.29, 1.82) is 0 Å². The zero-order chi connectivity index (χ0) is 41.7. The Balaban J connectivity index is 1.11. The Kier molecular flexibility index (Phi) is 9.13. The number of benzene rings is 9. The van der Waals surface area contributed by atoms with Gasteiger partial charge in [-0.2, -0.15) is 0 Å². The minimum Gasteiger partial charge on any atom is -0.334 e. The van der Waals surface area contributed by atoms with Gasteiger partial charge in [0.15, 0.2) is 0 Å². The van der Waals surface area contributed by atoms with Crippen LogP contribution in [0.3, 0.4) is 0 Å². The molecule has 0 spiro atoms. The zero-order valence-electron chi connectivity index (χ0n) is 34.7. The van der Waals surface area contributed by atoms with Crippen molar-refractivity contribution in [1.82, 2.24) is 0 Å². The second-order valence-corrected chi connectivity index (χ2v) is 17.7. The number of allylic oxidation sites excluding steroid dienone is 2. The van der Waals surface area contributed by atoms with Gasteiger partial charge in [0.05, 0.1) is 17.1 Å². The summed E-state index contributed by atoms with van der Waals surface area (Å²) >= 11 is 1.90. The van der Waals surface area contributed by atoms with E-state index in [1.165, 1.54) is 98.3 Å². The number of hydrogen-bond donors (Lipinski definition) is 0. The van der Waals surface area contributed by atoms with Gasteiger partial charge in [0, 0.05) is 31.4 Å². The molecular formula is C61H43NS. The molecule has 1 nitrogen and oxygen atoms in total. The second kappa shape index (κ2) is 15.4. The second-order valence-electron chi connectivity index (χ2n) is 16.7. The molecule has 0 amide bonds. The largest absolute Gasteiger partial charge is 0.334 e. The van der Waals surface area contributed by atoms with Crippen LogP contribution in [0.25, 0.3) is 59.1 Å². The van der Waals surface area contributed by atoms with Crippen LogP contribution in [-0.4, -0.2) is 6.04 Å². The molecule has 0 aliphatic heterocycles. The molecule has 0 N–H and O–H groups in total. The fourth-order valence-electron chi connectivity index (χ4n) is 10.5. The van der Waals surface area contributed by atoms with Crippen LogP contribution in [0.4, 0.5) is 11.4 Å². The van der Waals surface area contributed by atoms with Gasteiger partial charge in [-0.1, -0.05) is 218 Å². The predicted octanol–water partition coefficient (Wildman–Crippen LogP) is 16.3. The van der Waals surface area contributed by atoms with Gasteiger partial charge in [-0.15, -0.1) is 11.3 Å². The number of fused-ring (bicyclic) bond motifs is 6. The maximum atomic E-state index is 2.64. The van der Waals surface area contributed by atoms with Crippen LogP contribution in [0.2, 0.25) is 0 Å². The molecular weight excluding hydrogens is 779 g/mol. The average molecular weight is 822 g/mol. The number of rotatable bonds is 8. The lowest BCUT2D eigenvalue weighted by Crippen LogP contribution is -2.32.